The summed E-state index contributed by atoms with van der Waals surface area (Å²) in [7, 11) is 0. The number of H-pyrrole nitrogens is 1. The Bertz CT molecular complexity index is 473. The summed E-state index contributed by atoms with van der Waals surface area (Å²) < 4.78 is 0. The lowest BCUT2D eigenvalue weighted by Crippen LogP contribution is -2.12. The summed E-state index contributed by atoms with van der Waals surface area (Å²) >= 11 is 0. The van der Waals surface area contributed by atoms with Crippen molar-refractivity contribution in [2.24, 2.45) is 5.92 Å². The first-order valence-electron chi connectivity index (χ1n) is 5.94. The van der Waals surface area contributed by atoms with Crippen molar-refractivity contribution in [2.75, 3.05) is 13.1 Å². The predicted octanol–water partition coefficient (Wildman–Crippen LogP) is 1.02. The molecule has 1 fully saturated rings. The van der Waals surface area contributed by atoms with Gasteiger partial charge in [-0.25, -0.2) is 9.97 Å². The van der Waals surface area contributed by atoms with Gasteiger partial charge in [0.2, 0.25) is 0 Å². The fraction of sp³-hybridized carbons (Fsp3) is 0.417. The minimum absolute atomic E-state index is 0.667. The number of imidazole rings is 1. The van der Waals surface area contributed by atoms with Crippen LogP contribution < -0.4 is 5.32 Å². The highest BCUT2D eigenvalue weighted by Gasteiger charge is 2.18. The van der Waals surface area contributed by atoms with Gasteiger partial charge in [-0.05, 0) is 31.8 Å². The highest BCUT2D eigenvalue weighted by Crippen LogP contribution is 2.20. The number of nitrogens with zero attached hydrogens (tertiary/aromatic N) is 3. The van der Waals surface area contributed by atoms with E-state index in [4.69, 9.17) is 0 Å². The van der Waals surface area contributed by atoms with Crippen LogP contribution >= 0.6 is 0 Å². The maximum Gasteiger partial charge on any atom is 0.157 e. The molecule has 88 valence electrons. The van der Waals surface area contributed by atoms with E-state index in [1.54, 1.807) is 18.6 Å². The summed E-state index contributed by atoms with van der Waals surface area (Å²) in [6.07, 6.45) is 9.21. The van der Waals surface area contributed by atoms with Gasteiger partial charge in [-0.1, -0.05) is 0 Å². The molecule has 1 aliphatic heterocycles. The summed E-state index contributed by atoms with van der Waals surface area (Å²) in [5.41, 5.74) is 1.92. The Morgan fingerprint density at radius 1 is 1.18 bits per heavy atom. The molecule has 1 aliphatic rings. The Labute approximate surface area is 99.7 Å². The summed E-state index contributed by atoms with van der Waals surface area (Å²) in [6, 6.07) is 0. The van der Waals surface area contributed by atoms with Gasteiger partial charge in [-0.2, -0.15) is 0 Å². The molecule has 0 spiro atoms. The Kier molecular flexibility index (Phi) is 2.83. The topological polar surface area (TPSA) is 66.5 Å². The molecular weight excluding hydrogens is 214 g/mol. The van der Waals surface area contributed by atoms with Gasteiger partial charge in [0.05, 0.1) is 5.69 Å². The van der Waals surface area contributed by atoms with E-state index in [1.807, 2.05) is 6.20 Å². The molecule has 3 rings (SSSR count). The van der Waals surface area contributed by atoms with Gasteiger partial charge in [0, 0.05) is 24.8 Å². The van der Waals surface area contributed by atoms with E-state index in [1.165, 1.54) is 6.42 Å². The van der Waals surface area contributed by atoms with Crippen molar-refractivity contribution in [3.8, 4) is 11.5 Å². The molecule has 2 aromatic heterocycles. The number of aromatic nitrogens is 4. The van der Waals surface area contributed by atoms with Gasteiger partial charge in [0.25, 0.3) is 0 Å². The predicted molar refractivity (Wildman–Crippen MR) is 64.3 cm³/mol. The molecule has 0 amide bonds. The van der Waals surface area contributed by atoms with Gasteiger partial charge >= 0.3 is 0 Å². The van der Waals surface area contributed by atoms with Gasteiger partial charge in [-0.15, -0.1) is 0 Å². The average molecular weight is 229 g/mol. The third-order valence-corrected chi connectivity index (χ3v) is 3.14. The van der Waals surface area contributed by atoms with E-state index >= 15 is 0 Å². The molecule has 0 aliphatic carbocycles. The summed E-state index contributed by atoms with van der Waals surface area (Å²) in [5.74, 6) is 1.47. The minimum atomic E-state index is 0.667. The molecule has 0 aromatic carbocycles. The lowest BCUT2D eigenvalue weighted by molar-refractivity contribution is 0.571. The van der Waals surface area contributed by atoms with Gasteiger partial charge in [0.15, 0.2) is 5.82 Å². The van der Waals surface area contributed by atoms with Crippen LogP contribution in [0.4, 0.5) is 0 Å². The molecule has 5 nitrogen and oxygen atoms in total. The Balaban J connectivity index is 1.88. The summed E-state index contributed by atoms with van der Waals surface area (Å²) in [6.45, 7) is 2.19. The Morgan fingerprint density at radius 2 is 2.12 bits per heavy atom. The molecule has 2 aromatic rings. The first-order chi connectivity index (χ1) is 8.43. The number of aromatic amines is 1. The van der Waals surface area contributed by atoms with Crippen LogP contribution in [0.2, 0.25) is 0 Å². The Morgan fingerprint density at radius 3 is 2.88 bits per heavy atom. The molecule has 5 heteroatoms. The molecule has 0 unspecified atom stereocenters. The maximum atomic E-state index is 4.45. The largest absolute Gasteiger partial charge is 0.343 e. The van der Waals surface area contributed by atoms with E-state index in [-0.39, 0.29) is 0 Å². The molecule has 0 radical (unpaired) electrons. The van der Waals surface area contributed by atoms with Crippen molar-refractivity contribution in [1.29, 1.82) is 0 Å². The second-order valence-corrected chi connectivity index (χ2v) is 4.35. The van der Waals surface area contributed by atoms with E-state index in [9.17, 15) is 0 Å². The molecule has 3 heterocycles. The van der Waals surface area contributed by atoms with Crippen LogP contribution in [0, 0.1) is 5.92 Å². The van der Waals surface area contributed by atoms with Crippen molar-refractivity contribution in [3.05, 3.63) is 30.5 Å². The summed E-state index contributed by atoms with van der Waals surface area (Å²) in [5, 5.41) is 3.38. The van der Waals surface area contributed by atoms with Crippen molar-refractivity contribution < 1.29 is 0 Å². The zero-order valence-corrected chi connectivity index (χ0v) is 9.56. The quantitative estimate of drug-likeness (QED) is 0.824. The molecule has 1 atom stereocenters. The normalized spacial score (nSPS) is 19.6. The van der Waals surface area contributed by atoms with Crippen LogP contribution in [-0.4, -0.2) is 33.0 Å². The second kappa shape index (κ2) is 4.63. The lowest BCUT2D eigenvalue weighted by Gasteiger charge is -2.09. The monoisotopic (exact) mass is 229 g/mol. The van der Waals surface area contributed by atoms with Gasteiger partial charge < -0.3 is 10.3 Å². The molecule has 2 N–H and O–H groups in total. The fourth-order valence-corrected chi connectivity index (χ4v) is 2.27. The van der Waals surface area contributed by atoms with Gasteiger partial charge in [0.1, 0.15) is 5.69 Å². The third-order valence-electron chi connectivity index (χ3n) is 3.14. The van der Waals surface area contributed by atoms with E-state index in [0.29, 0.717) is 5.92 Å². The highest BCUT2D eigenvalue weighted by molar-refractivity contribution is 5.51. The molecular formula is C12H15N5. The Hall–Kier alpha value is -1.75. The van der Waals surface area contributed by atoms with Crippen LogP contribution in [0.25, 0.3) is 11.5 Å². The van der Waals surface area contributed by atoms with Gasteiger partial charge in [-0.3, -0.25) is 4.98 Å². The van der Waals surface area contributed by atoms with Crippen molar-refractivity contribution in [2.45, 2.75) is 12.8 Å². The van der Waals surface area contributed by atoms with Crippen LogP contribution in [0.3, 0.4) is 0 Å². The molecule has 1 saturated heterocycles. The van der Waals surface area contributed by atoms with Crippen molar-refractivity contribution in [3.63, 3.8) is 0 Å². The van der Waals surface area contributed by atoms with E-state index < -0.39 is 0 Å². The standard InChI is InChI=1S/C12H15N5/c1-2-13-8-9(1)7-10-11(15-4-3-14-10)12-16-5-6-17-12/h3-6,9,13H,1-2,7-8H2,(H,16,17)/t9-/m1/s1. The number of hydrogen-bond acceptors (Lipinski definition) is 4. The first kappa shape index (κ1) is 10.4. The average Bonchev–Trinajstić information content (AvgIpc) is 3.01. The maximum absolute atomic E-state index is 4.45. The van der Waals surface area contributed by atoms with Crippen LogP contribution in [0.1, 0.15) is 12.1 Å². The van der Waals surface area contributed by atoms with E-state index in [2.05, 4.69) is 25.3 Å². The van der Waals surface area contributed by atoms with Crippen LogP contribution in [0.15, 0.2) is 24.8 Å². The van der Waals surface area contributed by atoms with Crippen LogP contribution in [0.5, 0.6) is 0 Å². The SMILES string of the molecule is c1c[nH]c(-c2nccnc2C[C@H]2CCNC2)n1. The van der Waals surface area contributed by atoms with Crippen molar-refractivity contribution >= 4 is 0 Å². The number of nitrogens with one attached hydrogen (secondary N) is 2. The zero-order chi connectivity index (χ0) is 11.5. The second-order valence-electron chi connectivity index (χ2n) is 4.35. The number of rotatable bonds is 3. The molecule has 0 bridgehead atoms. The van der Waals surface area contributed by atoms with Crippen LogP contribution in [-0.2, 0) is 6.42 Å². The summed E-state index contributed by atoms with van der Waals surface area (Å²) in [4.78, 5) is 16.2. The van der Waals surface area contributed by atoms with Crippen molar-refractivity contribution in [1.82, 2.24) is 25.3 Å². The fourth-order valence-electron chi connectivity index (χ4n) is 2.27. The molecule has 0 saturated carbocycles. The zero-order valence-electron chi connectivity index (χ0n) is 9.56. The first-order valence-corrected chi connectivity index (χ1v) is 5.94. The smallest absolute Gasteiger partial charge is 0.157 e. The minimum Gasteiger partial charge on any atom is -0.343 e. The third kappa shape index (κ3) is 2.19. The highest BCUT2D eigenvalue weighted by atomic mass is 14.9. The number of hydrogen-bond donors (Lipinski definition) is 2. The van der Waals surface area contributed by atoms with E-state index in [0.717, 1.165) is 36.7 Å². The lowest BCUT2D eigenvalue weighted by atomic mass is 10.0. The molecule has 17 heavy (non-hydrogen) atoms.